The highest BCUT2D eigenvalue weighted by atomic mass is 32.2. The first-order chi connectivity index (χ1) is 10.2. The fourth-order valence-corrected chi connectivity index (χ4v) is 5.37. The molecule has 2 atom stereocenters. The Hall–Kier alpha value is -0.510. The van der Waals surface area contributed by atoms with Crippen LogP contribution < -0.4 is 0 Å². The molecular weight excluding hydrogens is 278 g/mol. The normalized spacial score (nSPS) is 30.9. The Morgan fingerprint density at radius 3 is 2.52 bits per heavy atom. The van der Waals surface area contributed by atoms with Crippen LogP contribution in [0.5, 0.6) is 0 Å². The van der Waals surface area contributed by atoms with Crippen molar-refractivity contribution in [2.45, 2.75) is 43.1 Å². The number of likely N-dealkylation sites (N-methyl/N-ethyl adjacent to an activating group) is 1. The Balaban J connectivity index is 1.85. The summed E-state index contributed by atoms with van der Waals surface area (Å²) in [5, 5.41) is 0. The van der Waals surface area contributed by atoms with Crippen molar-refractivity contribution in [1.82, 2.24) is 4.90 Å². The monoisotopic (exact) mass is 305 g/mol. The molecule has 2 aliphatic rings. The lowest BCUT2D eigenvalue weighted by atomic mass is 9.82. The van der Waals surface area contributed by atoms with Crippen molar-refractivity contribution in [2.75, 3.05) is 26.4 Å². The number of benzene rings is 1. The molecule has 0 aromatic heterocycles. The highest BCUT2D eigenvalue weighted by Gasteiger charge is 2.48. The zero-order valence-corrected chi connectivity index (χ0v) is 14.1. The van der Waals surface area contributed by atoms with Gasteiger partial charge in [0.25, 0.3) is 0 Å². The smallest absolute Gasteiger partial charge is 0.142 e. The summed E-state index contributed by atoms with van der Waals surface area (Å²) in [6, 6.07) is 10.9. The molecule has 2 nitrogen and oxygen atoms in total. The lowest BCUT2D eigenvalue weighted by Crippen LogP contribution is -2.37. The van der Waals surface area contributed by atoms with Gasteiger partial charge in [0.2, 0.25) is 0 Å². The molecule has 116 valence electrons. The van der Waals surface area contributed by atoms with Gasteiger partial charge in [0.1, 0.15) is 4.93 Å². The summed E-state index contributed by atoms with van der Waals surface area (Å²) in [4.78, 5) is 2.15. The minimum atomic E-state index is -0.0949. The predicted molar refractivity (Wildman–Crippen MR) is 90.6 cm³/mol. The largest absolute Gasteiger partial charge is 0.354 e. The van der Waals surface area contributed by atoms with Crippen LogP contribution in [0.3, 0.4) is 0 Å². The molecule has 1 heterocycles. The van der Waals surface area contributed by atoms with Crippen LogP contribution in [0.1, 0.15) is 37.7 Å². The molecule has 0 spiro atoms. The molecule has 3 heteroatoms. The summed E-state index contributed by atoms with van der Waals surface area (Å²) in [6.07, 6.45) is 7.11. The molecule has 1 aliphatic heterocycles. The molecule has 1 aromatic rings. The van der Waals surface area contributed by atoms with Crippen LogP contribution in [0, 0.1) is 5.92 Å². The first-order valence-electron chi connectivity index (χ1n) is 8.23. The summed E-state index contributed by atoms with van der Waals surface area (Å²) in [5.41, 5.74) is 1.38. The Bertz CT molecular complexity index is 444. The number of nitrogens with zero attached hydrogens (tertiary/aromatic N) is 1. The van der Waals surface area contributed by atoms with E-state index in [4.69, 9.17) is 4.74 Å². The van der Waals surface area contributed by atoms with Crippen molar-refractivity contribution in [3.63, 3.8) is 0 Å². The van der Waals surface area contributed by atoms with Gasteiger partial charge in [-0.2, -0.15) is 0 Å². The van der Waals surface area contributed by atoms with Crippen molar-refractivity contribution in [3.8, 4) is 0 Å². The van der Waals surface area contributed by atoms with Gasteiger partial charge in [0.15, 0.2) is 0 Å². The molecule has 21 heavy (non-hydrogen) atoms. The number of hydrogen-bond donors (Lipinski definition) is 0. The molecule has 1 aromatic carbocycles. The summed E-state index contributed by atoms with van der Waals surface area (Å²) in [7, 11) is 4.27. The lowest BCUT2D eigenvalue weighted by Gasteiger charge is -2.39. The van der Waals surface area contributed by atoms with Gasteiger partial charge in [-0.3, -0.25) is 0 Å². The van der Waals surface area contributed by atoms with E-state index < -0.39 is 0 Å². The maximum atomic E-state index is 6.71. The maximum Gasteiger partial charge on any atom is 0.142 e. The quantitative estimate of drug-likeness (QED) is 0.830. The van der Waals surface area contributed by atoms with Crippen molar-refractivity contribution in [3.05, 3.63) is 35.9 Å². The number of hydrogen-bond acceptors (Lipinski definition) is 3. The predicted octanol–water partition coefficient (Wildman–Crippen LogP) is 4.11. The van der Waals surface area contributed by atoms with Crippen LogP contribution in [-0.4, -0.2) is 37.4 Å². The second kappa shape index (κ2) is 6.72. The van der Waals surface area contributed by atoms with Crippen LogP contribution in [0.25, 0.3) is 0 Å². The SMILES string of the molecule is CN(C)C[C@@H]1CS[C@](c2ccccc2)(C2CCCCC2)O1. The van der Waals surface area contributed by atoms with Crippen LogP contribution >= 0.6 is 11.8 Å². The topological polar surface area (TPSA) is 12.5 Å². The molecule has 0 bridgehead atoms. The standard InChI is InChI=1S/C18H27NOS/c1-19(2)13-17-14-21-18(20-17,15-9-5-3-6-10-15)16-11-7-4-8-12-16/h3,5-6,9-10,16-17H,4,7-8,11-14H2,1-2H3/t17-,18-/m1/s1. The van der Waals surface area contributed by atoms with E-state index >= 15 is 0 Å². The van der Waals surface area contributed by atoms with E-state index in [9.17, 15) is 0 Å². The van der Waals surface area contributed by atoms with Crippen molar-refractivity contribution < 1.29 is 4.74 Å². The zero-order chi connectivity index (χ0) is 14.7. The molecule has 0 radical (unpaired) electrons. The Kier molecular flexibility index (Phi) is 4.92. The Labute approximate surface area is 133 Å². The van der Waals surface area contributed by atoms with Gasteiger partial charge in [-0.05, 0) is 32.5 Å². The van der Waals surface area contributed by atoms with Gasteiger partial charge in [-0.1, -0.05) is 49.6 Å². The second-order valence-corrected chi connectivity index (χ2v) is 7.91. The van der Waals surface area contributed by atoms with Gasteiger partial charge < -0.3 is 9.64 Å². The van der Waals surface area contributed by atoms with E-state index in [0.717, 1.165) is 12.3 Å². The first kappa shape index (κ1) is 15.4. The van der Waals surface area contributed by atoms with Crippen molar-refractivity contribution in [1.29, 1.82) is 0 Å². The summed E-state index contributed by atoms with van der Waals surface area (Å²) in [5.74, 6) is 1.79. The minimum absolute atomic E-state index is 0.0949. The van der Waals surface area contributed by atoms with E-state index in [2.05, 4.69) is 61.1 Å². The average molecular weight is 305 g/mol. The van der Waals surface area contributed by atoms with Crippen LogP contribution in [0.4, 0.5) is 0 Å². The lowest BCUT2D eigenvalue weighted by molar-refractivity contribution is -0.0620. The van der Waals surface area contributed by atoms with Gasteiger partial charge in [-0.25, -0.2) is 0 Å². The van der Waals surface area contributed by atoms with Crippen molar-refractivity contribution >= 4 is 11.8 Å². The third kappa shape index (κ3) is 3.30. The molecule has 3 rings (SSSR count). The van der Waals surface area contributed by atoms with Crippen LogP contribution in [0.2, 0.25) is 0 Å². The summed E-state index contributed by atoms with van der Waals surface area (Å²) < 4.78 is 6.71. The Morgan fingerprint density at radius 2 is 1.86 bits per heavy atom. The molecule has 1 saturated heterocycles. The van der Waals surface area contributed by atoms with E-state index in [1.165, 1.54) is 37.7 Å². The van der Waals surface area contributed by atoms with E-state index in [1.807, 2.05) is 0 Å². The summed E-state index contributed by atoms with van der Waals surface area (Å²) in [6.45, 7) is 1.02. The van der Waals surface area contributed by atoms with Gasteiger partial charge in [0, 0.05) is 18.2 Å². The molecule has 2 fully saturated rings. The maximum absolute atomic E-state index is 6.71. The molecule has 0 N–H and O–H groups in total. The van der Waals surface area contributed by atoms with Gasteiger partial charge in [-0.15, -0.1) is 11.8 Å². The summed E-state index contributed by atoms with van der Waals surface area (Å²) >= 11 is 2.05. The fourth-order valence-electron chi connectivity index (χ4n) is 3.78. The highest BCUT2D eigenvalue weighted by molar-refractivity contribution is 8.00. The number of ether oxygens (including phenoxy) is 1. The molecule has 0 unspecified atom stereocenters. The average Bonchev–Trinajstić information content (AvgIpc) is 2.93. The van der Waals surface area contributed by atoms with Gasteiger partial charge in [0.05, 0.1) is 6.10 Å². The number of rotatable bonds is 4. The van der Waals surface area contributed by atoms with Crippen LogP contribution in [0.15, 0.2) is 30.3 Å². The molecule has 0 amide bonds. The third-order valence-corrected chi connectivity index (χ3v) is 6.35. The Morgan fingerprint density at radius 1 is 1.14 bits per heavy atom. The van der Waals surface area contributed by atoms with Gasteiger partial charge >= 0.3 is 0 Å². The van der Waals surface area contributed by atoms with E-state index in [1.54, 1.807) is 0 Å². The highest BCUT2D eigenvalue weighted by Crippen LogP contribution is 2.54. The van der Waals surface area contributed by atoms with Crippen molar-refractivity contribution in [2.24, 2.45) is 5.92 Å². The molecule has 1 aliphatic carbocycles. The first-order valence-corrected chi connectivity index (χ1v) is 9.21. The molecule has 1 saturated carbocycles. The fraction of sp³-hybridized carbons (Fsp3) is 0.667. The number of thioether (sulfide) groups is 1. The van der Waals surface area contributed by atoms with E-state index in [-0.39, 0.29) is 4.93 Å². The minimum Gasteiger partial charge on any atom is -0.354 e. The second-order valence-electron chi connectivity index (χ2n) is 6.68. The third-order valence-electron chi connectivity index (χ3n) is 4.71. The molecular formula is C18H27NOS. The van der Waals surface area contributed by atoms with Crippen LogP contribution in [-0.2, 0) is 9.67 Å². The van der Waals surface area contributed by atoms with E-state index in [0.29, 0.717) is 12.0 Å². The zero-order valence-electron chi connectivity index (χ0n) is 13.3.